The van der Waals surface area contributed by atoms with Gasteiger partial charge >= 0.3 is 13.8 Å². The van der Waals surface area contributed by atoms with Crippen molar-refractivity contribution in [2.45, 2.75) is 245 Å². The van der Waals surface area contributed by atoms with Gasteiger partial charge < -0.3 is 18.9 Å². The highest BCUT2D eigenvalue weighted by Crippen LogP contribution is 2.43. The van der Waals surface area contributed by atoms with Crippen LogP contribution in [0.4, 0.5) is 0 Å². The van der Waals surface area contributed by atoms with Crippen molar-refractivity contribution in [3.8, 4) is 0 Å². The van der Waals surface area contributed by atoms with Crippen LogP contribution in [0.1, 0.15) is 239 Å². The Hall–Kier alpha value is -0.760. The summed E-state index contributed by atoms with van der Waals surface area (Å²) in [4.78, 5) is 22.9. The van der Waals surface area contributed by atoms with E-state index in [9.17, 15) is 14.3 Å². The minimum Gasteiger partial charge on any atom is -0.457 e. The number of carbonyl (C=O) groups excluding carboxylic acids is 1. The van der Waals surface area contributed by atoms with Gasteiger partial charge in [-0.25, -0.2) is 4.57 Å². The molecule has 0 radical (unpaired) electrons. The van der Waals surface area contributed by atoms with Crippen molar-refractivity contribution in [3.05, 3.63) is 12.2 Å². The second-order valence-electron chi connectivity index (χ2n) is 18.2. The molecule has 9 heteroatoms. The third-order valence-corrected chi connectivity index (χ3v) is 12.1. The number of phosphoric ester groups is 1. The van der Waals surface area contributed by atoms with Gasteiger partial charge in [-0.3, -0.25) is 13.8 Å². The molecule has 2 unspecified atom stereocenters. The molecule has 0 bridgehead atoms. The normalized spacial score (nSPS) is 13.7. The molecule has 58 heavy (non-hydrogen) atoms. The van der Waals surface area contributed by atoms with E-state index in [0.717, 1.165) is 44.9 Å². The average molecular weight is 845 g/mol. The van der Waals surface area contributed by atoms with Crippen LogP contribution in [0, 0.1) is 0 Å². The third-order valence-electron chi connectivity index (χ3n) is 11.1. The first-order valence-corrected chi connectivity index (χ1v) is 26.4. The summed E-state index contributed by atoms with van der Waals surface area (Å²) in [5, 5.41) is 0. The Morgan fingerprint density at radius 3 is 1.34 bits per heavy atom. The summed E-state index contributed by atoms with van der Waals surface area (Å²) in [5.41, 5.74) is 0. The Bertz CT molecular complexity index is 940. The number of likely N-dealkylation sites (N-methyl/N-ethyl adjacent to an activating group) is 1. The molecule has 346 valence electrons. The SMILES string of the molecule is CCCCC/C=C\CCCCCCCC(=O)OC(COCCCCCCCCCCCCCCCCCCCCCCCCCC)COP(=O)(O)OCC[N+](C)(C)C. The van der Waals surface area contributed by atoms with Crippen molar-refractivity contribution in [1.29, 1.82) is 0 Å². The number of unbranched alkanes of at least 4 members (excludes halogenated alkanes) is 31. The quantitative estimate of drug-likeness (QED) is 0.0214. The molecule has 0 aromatic carbocycles. The van der Waals surface area contributed by atoms with Crippen molar-refractivity contribution < 1.29 is 37.3 Å². The van der Waals surface area contributed by atoms with E-state index in [-0.39, 0.29) is 25.8 Å². The van der Waals surface area contributed by atoms with Gasteiger partial charge in [-0.2, -0.15) is 0 Å². The summed E-state index contributed by atoms with van der Waals surface area (Å²) < 4.78 is 35.1. The van der Waals surface area contributed by atoms with Crippen LogP contribution in [-0.4, -0.2) is 75.6 Å². The van der Waals surface area contributed by atoms with Gasteiger partial charge in [0.2, 0.25) is 0 Å². The standard InChI is InChI=1S/C49H98NO7P/c1-6-8-10-12-14-16-18-20-21-22-23-24-25-26-27-28-29-30-31-33-35-37-39-41-44-54-46-48(47-56-58(52,53)55-45-43-50(3,4)5)57-49(51)42-40-38-36-34-32-19-17-15-13-11-9-7-2/h15,17,48H,6-14,16,18-47H2,1-5H3/p+1/b17-15-. The molecule has 2 atom stereocenters. The van der Waals surface area contributed by atoms with Gasteiger partial charge in [-0.1, -0.05) is 206 Å². The monoisotopic (exact) mass is 845 g/mol. The van der Waals surface area contributed by atoms with Crippen molar-refractivity contribution in [2.75, 3.05) is 54.1 Å². The third kappa shape index (κ3) is 46.3. The maximum Gasteiger partial charge on any atom is 0.472 e. The number of phosphoric acid groups is 1. The lowest BCUT2D eigenvalue weighted by molar-refractivity contribution is -0.870. The number of hydrogen-bond donors (Lipinski definition) is 1. The molecule has 0 aromatic rings. The molecule has 0 fully saturated rings. The van der Waals surface area contributed by atoms with Crippen LogP contribution in [0.25, 0.3) is 0 Å². The van der Waals surface area contributed by atoms with E-state index in [0.29, 0.717) is 24.1 Å². The van der Waals surface area contributed by atoms with Crippen LogP contribution in [0.3, 0.4) is 0 Å². The number of nitrogens with zero attached hydrogens (tertiary/aromatic N) is 1. The Labute approximate surface area is 360 Å². The summed E-state index contributed by atoms with van der Waals surface area (Å²) in [6.45, 7) is 5.64. The first-order valence-electron chi connectivity index (χ1n) is 24.9. The highest BCUT2D eigenvalue weighted by molar-refractivity contribution is 7.47. The van der Waals surface area contributed by atoms with Gasteiger partial charge in [-0.15, -0.1) is 0 Å². The molecule has 0 aliphatic carbocycles. The van der Waals surface area contributed by atoms with Gasteiger partial charge in [0.25, 0.3) is 0 Å². The fraction of sp³-hybridized carbons (Fsp3) is 0.939. The zero-order valence-corrected chi connectivity index (χ0v) is 40.2. The maximum atomic E-state index is 12.7. The van der Waals surface area contributed by atoms with Crippen molar-refractivity contribution in [1.82, 2.24) is 0 Å². The van der Waals surface area contributed by atoms with Crippen LogP contribution in [0.2, 0.25) is 0 Å². The molecule has 0 aliphatic rings. The highest BCUT2D eigenvalue weighted by atomic mass is 31.2. The molecule has 1 N–H and O–H groups in total. The number of carbonyl (C=O) groups is 1. The first-order chi connectivity index (χ1) is 28.1. The van der Waals surface area contributed by atoms with Crippen LogP contribution >= 0.6 is 7.82 Å². The number of esters is 1. The lowest BCUT2D eigenvalue weighted by Crippen LogP contribution is -2.37. The Morgan fingerprint density at radius 1 is 0.517 bits per heavy atom. The highest BCUT2D eigenvalue weighted by Gasteiger charge is 2.26. The lowest BCUT2D eigenvalue weighted by Gasteiger charge is -2.24. The fourth-order valence-electron chi connectivity index (χ4n) is 7.20. The minimum atomic E-state index is -4.27. The second kappa shape index (κ2) is 42.9. The van der Waals surface area contributed by atoms with Gasteiger partial charge in [-0.05, 0) is 38.5 Å². The lowest BCUT2D eigenvalue weighted by atomic mass is 10.0. The van der Waals surface area contributed by atoms with E-state index < -0.39 is 13.9 Å². The molecule has 0 aliphatic heterocycles. The Kier molecular flexibility index (Phi) is 42.3. The minimum absolute atomic E-state index is 0.0903. The first kappa shape index (κ1) is 57.2. The Morgan fingerprint density at radius 2 is 0.897 bits per heavy atom. The topological polar surface area (TPSA) is 91.3 Å². The fourth-order valence-corrected chi connectivity index (χ4v) is 7.94. The van der Waals surface area contributed by atoms with Crippen molar-refractivity contribution >= 4 is 13.8 Å². The molecule has 0 aromatic heterocycles. The van der Waals surface area contributed by atoms with E-state index in [1.165, 1.54) is 173 Å². The largest absolute Gasteiger partial charge is 0.472 e. The molecular formula is C49H99NO7P+. The van der Waals surface area contributed by atoms with E-state index >= 15 is 0 Å². The van der Waals surface area contributed by atoms with Gasteiger partial charge in [0.15, 0.2) is 0 Å². The van der Waals surface area contributed by atoms with Crippen molar-refractivity contribution in [2.24, 2.45) is 0 Å². The predicted molar refractivity (Wildman–Crippen MR) is 247 cm³/mol. The molecule has 8 nitrogen and oxygen atoms in total. The molecule has 0 saturated carbocycles. The predicted octanol–water partition coefficient (Wildman–Crippen LogP) is 15.0. The van der Waals surface area contributed by atoms with Crippen LogP contribution in [0.5, 0.6) is 0 Å². The number of hydrogen-bond acceptors (Lipinski definition) is 6. The zero-order valence-electron chi connectivity index (χ0n) is 39.3. The molecule has 0 spiro atoms. The van der Waals surface area contributed by atoms with Crippen LogP contribution < -0.4 is 0 Å². The summed E-state index contributed by atoms with van der Waals surface area (Å²) >= 11 is 0. The summed E-state index contributed by atoms with van der Waals surface area (Å²) in [7, 11) is 1.68. The summed E-state index contributed by atoms with van der Waals surface area (Å²) in [6.07, 6.45) is 48.4. The van der Waals surface area contributed by atoms with E-state index in [4.69, 9.17) is 18.5 Å². The summed E-state index contributed by atoms with van der Waals surface area (Å²) in [5.74, 6) is -0.319. The second-order valence-corrected chi connectivity index (χ2v) is 19.7. The van der Waals surface area contributed by atoms with E-state index in [1.807, 2.05) is 21.1 Å². The van der Waals surface area contributed by atoms with Crippen LogP contribution in [0.15, 0.2) is 12.2 Å². The molecule has 0 saturated heterocycles. The molecule has 0 amide bonds. The Balaban J connectivity index is 4.02. The van der Waals surface area contributed by atoms with Gasteiger partial charge in [0, 0.05) is 13.0 Å². The number of quaternary nitrogens is 1. The van der Waals surface area contributed by atoms with Crippen molar-refractivity contribution in [3.63, 3.8) is 0 Å². The molecular weight excluding hydrogens is 746 g/mol. The molecule has 0 rings (SSSR count). The van der Waals surface area contributed by atoms with Crippen LogP contribution in [-0.2, 0) is 27.9 Å². The van der Waals surface area contributed by atoms with E-state index in [2.05, 4.69) is 26.0 Å². The van der Waals surface area contributed by atoms with Gasteiger partial charge in [0.05, 0.1) is 34.4 Å². The summed E-state index contributed by atoms with van der Waals surface area (Å²) in [6, 6.07) is 0. The molecule has 0 heterocycles. The van der Waals surface area contributed by atoms with Gasteiger partial charge in [0.1, 0.15) is 19.3 Å². The zero-order chi connectivity index (χ0) is 42.7. The smallest absolute Gasteiger partial charge is 0.457 e. The number of rotatable bonds is 47. The maximum absolute atomic E-state index is 12.7. The average Bonchev–Trinajstić information content (AvgIpc) is 3.18. The van der Waals surface area contributed by atoms with E-state index in [1.54, 1.807) is 0 Å². The number of allylic oxidation sites excluding steroid dienone is 2. The number of ether oxygens (including phenoxy) is 2.